The van der Waals surface area contributed by atoms with Crippen LogP contribution in [0.3, 0.4) is 0 Å². The number of Topliss-reactive ketones (excluding diaryl/α,β-unsaturated/α-hetero) is 1. The van der Waals surface area contributed by atoms with Gasteiger partial charge in [0.15, 0.2) is 0 Å². The van der Waals surface area contributed by atoms with Crippen LogP contribution in [0.1, 0.15) is 45.4 Å². The third-order valence-corrected chi connectivity index (χ3v) is 3.36. The van der Waals surface area contributed by atoms with E-state index in [1.54, 1.807) is 0 Å². The van der Waals surface area contributed by atoms with Crippen molar-refractivity contribution in [3.05, 3.63) is 0 Å². The lowest BCUT2D eigenvalue weighted by Crippen LogP contribution is -2.44. The maximum absolute atomic E-state index is 11.1. The fraction of sp³-hybridized carbons (Fsp3) is 0.909. The highest BCUT2D eigenvalue weighted by atomic mass is 16.3. The van der Waals surface area contributed by atoms with Gasteiger partial charge in [0.2, 0.25) is 0 Å². The van der Waals surface area contributed by atoms with Gasteiger partial charge in [0.05, 0.1) is 5.60 Å². The van der Waals surface area contributed by atoms with E-state index in [4.69, 9.17) is 5.73 Å². The van der Waals surface area contributed by atoms with Gasteiger partial charge in [0.25, 0.3) is 0 Å². The quantitative estimate of drug-likeness (QED) is 0.716. The Bertz CT molecular complexity index is 193. The summed E-state index contributed by atoms with van der Waals surface area (Å²) in [7, 11) is 0. The first kappa shape index (κ1) is 11.7. The van der Waals surface area contributed by atoms with Crippen molar-refractivity contribution in [1.82, 2.24) is 0 Å². The monoisotopic (exact) mass is 199 g/mol. The van der Waals surface area contributed by atoms with Gasteiger partial charge in [-0.2, -0.15) is 0 Å². The Morgan fingerprint density at radius 1 is 1.50 bits per heavy atom. The second-order valence-corrected chi connectivity index (χ2v) is 4.36. The lowest BCUT2D eigenvalue weighted by Gasteiger charge is -2.38. The number of hydrogen-bond acceptors (Lipinski definition) is 3. The van der Waals surface area contributed by atoms with E-state index < -0.39 is 5.60 Å². The van der Waals surface area contributed by atoms with Gasteiger partial charge in [0.1, 0.15) is 5.78 Å². The highest BCUT2D eigenvalue weighted by Crippen LogP contribution is 2.34. The predicted octanol–water partition coefficient (Wildman–Crippen LogP) is 1.24. The summed E-state index contributed by atoms with van der Waals surface area (Å²) >= 11 is 0. The van der Waals surface area contributed by atoms with Crippen molar-refractivity contribution >= 4 is 5.78 Å². The summed E-state index contributed by atoms with van der Waals surface area (Å²) in [6.07, 6.45) is 4.26. The Balaban J connectivity index is 2.58. The molecule has 3 heteroatoms. The van der Waals surface area contributed by atoms with Crippen LogP contribution >= 0.6 is 0 Å². The SMILES string of the molecule is CCCC(CN)C1(O)CCC(=O)CC1. The molecule has 0 bridgehead atoms. The van der Waals surface area contributed by atoms with Crippen LogP contribution in [0.25, 0.3) is 0 Å². The zero-order valence-electron chi connectivity index (χ0n) is 8.96. The molecule has 0 spiro atoms. The fourth-order valence-corrected chi connectivity index (χ4v) is 2.32. The summed E-state index contributed by atoms with van der Waals surface area (Å²) < 4.78 is 0. The van der Waals surface area contributed by atoms with Crippen LogP contribution in [-0.2, 0) is 4.79 Å². The molecule has 3 N–H and O–H groups in total. The maximum Gasteiger partial charge on any atom is 0.133 e. The Morgan fingerprint density at radius 3 is 2.50 bits per heavy atom. The summed E-state index contributed by atoms with van der Waals surface area (Å²) in [6.45, 7) is 2.62. The van der Waals surface area contributed by atoms with Gasteiger partial charge in [-0.1, -0.05) is 13.3 Å². The molecule has 0 aliphatic heterocycles. The molecule has 0 aromatic rings. The minimum absolute atomic E-state index is 0.167. The minimum atomic E-state index is -0.668. The van der Waals surface area contributed by atoms with Gasteiger partial charge in [-0.3, -0.25) is 4.79 Å². The average molecular weight is 199 g/mol. The maximum atomic E-state index is 11.1. The predicted molar refractivity (Wildman–Crippen MR) is 55.9 cm³/mol. The van der Waals surface area contributed by atoms with Crippen LogP contribution in [0.15, 0.2) is 0 Å². The van der Waals surface area contributed by atoms with E-state index in [-0.39, 0.29) is 11.7 Å². The summed E-state index contributed by atoms with van der Waals surface area (Å²) in [4.78, 5) is 11.1. The molecule has 0 aromatic heterocycles. The lowest BCUT2D eigenvalue weighted by atomic mass is 9.73. The molecule has 1 rings (SSSR count). The largest absolute Gasteiger partial charge is 0.390 e. The third-order valence-electron chi connectivity index (χ3n) is 3.36. The Kier molecular flexibility index (Phi) is 4.08. The molecule has 1 fully saturated rings. The van der Waals surface area contributed by atoms with Gasteiger partial charge in [0, 0.05) is 12.8 Å². The van der Waals surface area contributed by atoms with Gasteiger partial charge in [-0.15, -0.1) is 0 Å². The van der Waals surface area contributed by atoms with E-state index in [0.717, 1.165) is 12.8 Å². The molecule has 0 amide bonds. The molecular weight excluding hydrogens is 178 g/mol. The number of carbonyl (C=O) groups is 1. The molecular formula is C11H21NO2. The summed E-state index contributed by atoms with van der Waals surface area (Å²) in [5.74, 6) is 0.447. The molecule has 0 aromatic carbocycles. The molecule has 1 aliphatic rings. The average Bonchev–Trinajstić information content (AvgIpc) is 2.19. The fourth-order valence-electron chi connectivity index (χ4n) is 2.32. The molecule has 1 aliphatic carbocycles. The highest BCUT2D eigenvalue weighted by molar-refractivity contribution is 5.79. The molecule has 3 nitrogen and oxygen atoms in total. The Morgan fingerprint density at radius 2 is 2.07 bits per heavy atom. The van der Waals surface area contributed by atoms with Crippen molar-refractivity contribution < 1.29 is 9.90 Å². The first-order valence-corrected chi connectivity index (χ1v) is 5.56. The number of nitrogens with two attached hydrogens (primary N) is 1. The smallest absolute Gasteiger partial charge is 0.133 e. The lowest BCUT2D eigenvalue weighted by molar-refractivity contribution is -0.128. The molecule has 0 radical (unpaired) electrons. The topological polar surface area (TPSA) is 63.3 Å². The molecule has 82 valence electrons. The summed E-state index contributed by atoms with van der Waals surface area (Å²) in [5, 5.41) is 10.3. The first-order valence-electron chi connectivity index (χ1n) is 5.56. The van der Waals surface area contributed by atoms with Crippen molar-refractivity contribution in [3.8, 4) is 0 Å². The molecule has 0 saturated heterocycles. The van der Waals surface area contributed by atoms with Crippen molar-refractivity contribution in [2.45, 2.75) is 51.0 Å². The number of aliphatic hydroxyl groups is 1. The van der Waals surface area contributed by atoms with E-state index in [1.807, 2.05) is 0 Å². The minimum Gasteiger partial charge on any atom is -0.390 e. The van der Waals surface area contributed by atoms with Crippen molar-refractivity contribution in [3.63, 3.8) is 0 Å². The van der Waals surface area contributed by atoms with Gasteiger partial charge < -0.3 is 10.8 Å². The standard InChI is InChI=1S/C11H21NO2/c1-2-3-9(8-12)11(14)6-4-10(13)5-7-11/h9,14H,2-8,12H2,1H3. The van der Waals surface area contributed by atoms with Crippen molar-refractivity contribution in [2.24, 2.45) is 11.7 Å². The first-order chi connectivity index (χ1) is 6.62. The molecule has 1 unspecified atom stereocenters. The molecule has 1 saturated carbocycles. The van der Waals surface area contributed by atoms with E-state index >= 15 is 0 Å². The van der Waals surface area contributed by atoms with Gasteiger partial charge in [-0.05, 0) is 31.7 Å². The summed E-state index contributed by atoms with van der Waals surface area (Å²) in [6, 6.07) is 0. The van der Waals surface area contributed by atoms with Crippen LogP contribution in [0, 0.1) is 5.92 Å². The Hall–Kier alpha value is -0.410. The number of carbonyl (C=O) groups excluding carboxylic acids is 1. The van der Waals surface area contributed by atoms with Crippen LogP contribution in [0.5, 0.6) is 0 Å². The highest BCUT2D eigenvalue weighted by Gasteiger charge is 2.38. The van der Waals surface area contributed by atoms with Gasteiger partial charge in [-0.25, -0.2) is 0 Å². The molecule has 14 heavy (non-hydrogen) atoms. The van der Waals surface area contributed by atoms with Crippen LogP contribution in [-0.4, -0.2) is 23.0 Å². The molecule has 0 heterocycles. The van der Waals surface area contributed by atoms with E-state index in [1.165, 1.54) is 0 Å². The summed E-state index contributed by atoms with van der Waals surface area (Å²) in [5.41, 5.74) is 5.00. The van der Waals surface area contributed by atoms with Crippen molar-refractivity contribution in [2.75, 3.05) is 6.54 Å². The van der Waals surface area contributed by atoms with Crippen LogP contribution < -0.4 is 5.73 Å². The second-order valence-electron chi connectivity index (χ2n) is 4.36. The van der Waals surface area contributed by atoms with Gasteiger partial charge >= 0.3 is 0 Å². The van der Waals surface area contributed by atoms with Crippen LogP contribution in [0.4, 0.5) is 0 Å². The van der Waals surface area contributed by atoms with E-state index in [9.17, 15) is 9.90 Å². The number of hydrogen-bond donors (Lipinski definition) is 2. The number of rotatable bonds is 4. The van der Waals surface area contributed by atoms with Crippen LogP contribution in [0.2, 0.25) is 0 Å². The molecule has 1 atom stereocenters. The zero-order chi connectivity index (χ0) is 10.6. The van der Waals surface area contributed by atoms with E-state index in [2.05, 4.69) is 6.92 Å². The van der Waals surface area contributed by atoms with E-state index in [0.29, 0.717) is 32.2 Å². The third kappa shape index (κ3) is 2.55. The normalized spacial score (nSPS) is 23.5. The zero-order valence-corrected chi connectivity index (χ0v) is 8.96. The number of ketones is 1. The second kappa shape index (κ2) is 4.89. The Labute approximate surface area is 85.7 Å². The van der Waals surface area contributed by atoms with Crippen molar-refractivity contribution in [1.29, 1.82) is 0 Å².